The Morgan fingerprint density at radius 3 is 2.36 bits per heavy atom. The highest BCUT2D eigenvalue weighted by Crippen LogP contribution is 2.30. The number of aryl methyl sites for hydroxylation is 2. The number of nitrogens with one attached hydrogen (secondary N) is 1. The number of benzene rings is 2. The Hall–Kier alpha value is -2.54. The molecular formula is C21H23F3N2O2. The van der Waals surface area contributed by atoms with Crippen molar-refractivity contribution in [3.63, 3.8) is 0 Å². The fourth-order valence-corrected chi connectivity index (χ4v) is 3.37. The molecule has 1 heterocycles. The molecule has 0 atom stereocenters. The summed E-state index contributed by atoms with van der Waals surface area (Å²) < 4.78 is 43.9. The molecule has 1 N–H and O–H groups in total. The average molecular weight is 392 g/mol. The molecule has 0 spiro atoms. The molecular weight excluding hydrogens is 369 g/mol. The molecule has 0 saturated carbocycles. The molecule has 1 aliphatic heterocycles. The van der Waals surface area contributed by atoms with Crippen LogP contribution < -0.4 is 10.2 Å². The lowest BCUT2D eigenvalue weighted by Gasteiger charge is -2.30. The molecule has 28 heavy (non-hydrogen) atoms. The minimum Gasteiger partial charge on any atom is -0.378 e. The summed E-state index contributed by atoms with van der Waals surface area (Å²) in [5, 5.41) is 2.85. The lowest BCUT2D eigenvalue weighted by atomic mass is 10.0. The zero-order chi connectivity index (χ0) is 20.3. The predicted octanol–water partition coefficient (Wildman–Crippen LogP) is 4.34. The first-order chi connectivity index (χ1) is 13.2. The second-order valence-electron chi connectivity index (χ2n) is 6.98. The van der Waals surface area contributed by atoms with Gasteiger partial charge in [0, 0.05) is 24.5 Å². The number of ether oxygens (including phenoxy) is 1. The molecule has 0 bridgehead atoms. The lowest BCUT2D eigenvalue weighted by Crippen LogP contribution is -2.36. The standard InChI is InChI=1S/C21H23F3N2O2/c1-14-10-18(26-6-8-28-9-7-26)11-15(2)20(14)25-19(27)13-16-4-3-5-17(12-16)21(22,23)24/h3-5,10-12H,6-9,13H2,1-2H3,(H,25,27). The van der Waals surface area contributed by atoms with Gasteiger partial charge in [-0.1, -0.05) is 18.2 Å². The molecule has 1 saturated heterocycles. The van der Waals surface area contributed by atoms with Crippen LogP contribution in [0.4, 0.5) is 24.5 Å². The van der Waals surface area contributed by atoms with Crippen molar-refractivity contribution in [1.82, 2.24) is 0 Å². The first kappa shape index (κ1) is 20.2. The van der Waals surface area contributed by atoms with Gasteiger partial charge in [-0.25, -0.2) is 0 Å². The fraction of sp³-hybridized carbons (Fsp3) is 0.381. The van der Waals surface area contributed by atoms with Crippen molar-refractivity contribution in [3.05, 3.63) is 58.7 Å². The van der Waals surface area contributed by atoms with Gasteiger partial charge in [0.1, 0.15) is 0 Å². The number of hydrogen-bond donors (Lipinski definition) is 1. The quantitative estimate of drug-likeness (QED) is 0.842. The second-order valence-corrected chi connectivity index (χ2v) is 6.98. The lowest BCUT2D eigenvalue weighted by molar-refractivity contribution is -0.137. The summed E-state index contributed by atoms with van der Waals surface area (Å²) in [6, 6.07) is 8.88. The topological polar surface area (TPSA) is 41.6 Å². The number of hydrogen-bond acceptors (Lipinski definition) is 3. The van der Waals surface area contributed by atoms with Crippen LogP contribution in [0.2, 0.25) is 0 Å². The Morgan fingerprint density at radius 1 is 1.11 bits per heavy atom. The van der Waals surface area contributed by atoms with E-state index in [-0.39, 0.29) is 12.3 Å². The summed E-state index contributed by atoms with van der Waals surface area (Å²) in [4.78, 5) is 14.6. The number of carbonyl (C=O) groups excluding carboxylic acids is 1. The molecule has 2 aromatic rings. The molecule has 0 radical (unpaired) electrons. The van der Waals surface area contributed by atoms with Gasteiger partial charge in [0.2, 0.25) is 5.91 Å². The van der Waals surface area contributed by atoms with Crippen LogP contribution in [0.15, 0.2) is 36.4 Å². The number of carbonyl (C=O) groups is 1. The average Bonchev–Trinajstić information content (AvgIpc) is 2.65. The van der Waals surface area contributed by atoms with Gasteiger partial charge in [-0.2, -0.15) is 13.2 Å². The summed E-state index contributed by atoms with van der Waals surface area (Å²) in [6.07, 6.45) is -4.54. The third-order valence-corrected chi connectivity index (χ3v) is 4.78. The fourth-order valence-electron chi connectivity index (χ4n) is 3.37. The number of amides is 1. The predicted molar refractivity (Wildman–Crippen MR) is 103 cm³/mol. The minimum atomic E-state index is -4.42. The number of anilines is 2. The number of alkyl halides is 3. The summed E-state index contributed by atoms with van der Waals surface area (Å²) in [6.45, 7) is 6.84. The Kier molecular flexibility index (Phi) is 5.93. The van der Waals surface area contributed by atoms with E-state index < -0.39 is 11.7 Å². The maximum atomic E-state index is 12.8. The number of morpholine rings is 1. The van der Waals surface area contributed by atoms with Crippen molar-refractivity contribution in [3.8, 4) is 0 Å². The molecule has 0 aliphatic carbocycles. The second kappa shape index (κ2) is 8.22. The van der Waals surface area contributed by atoms with Crippen molar-refractivity contribution < 1.29 is 22.7 Å². The van der Waals surface area contributed by atoms with Gasteiger partial charge < -0.3 is 15.0 Å². The molecule has 3 rings (SSSR count). The van der Waals surface area contributed by atoms with Crippen LogP contribution in [0.1, 0.15) is 22.3 Å². The van der Waals surface area contributed by atoms with Crippen LogP contribution in [0, 0.1) is 13.8 Å². The van der Waals surface area contributed by atoms with Gasteiger partial charge in [0.15, 0.2) is 0 Å². The molecule has 1 aliphatic rings. The largest absolute Gasteiger partial charge is 0.416 e. The molecule has 2 aromatic carbocycles. The van der Waals surface area contributed by atoms with Gasteiger partial charge in [-0.15, -0.1) is 0 Å². The van der Waals surface area contributed by atoms with E-state index in [1.165, 1.54) is 12.1 Å². The maximum Gasteiger partial charge on any atom is 0.416 e. The third-order valence-electron chi connectivity index (χ3n) is 4.78. The van der Waals surface area contributed by atoms with Gasteiger partial charge in [0.25, 0.3) is 0 Å². The highest BCUT2D eigenvalue weighted by atomic mass is 19.4. The van der Waals surface area contributed by atoms with E-state index in [4.69, 9.17) is 4.74 Å². The molecule has 1 amide bonds. The summed E-state index contributed by atoms with van der Waals surface area (Å²) >= 11 is 0. The van der Waals surface area contributed by atoms with Gasteiger partial charge in [0.05, 0.1) is 25.2 Å². The van der Waals surface area contributed by atoms with Crippen molar-refractivity contribution in [2.24, 2.45) is 0 Å². The zero-order valence-corrected chi connectivity index (χ0v) is 15.9. The third kappa shape index (κ3) is 4.84. The van der Waals surface area contributed by atoms with Crippen LogP contribution in [0.25, 0.3) is 0 Å². The summed E-state index contributed by atoms with van der Waals surface area (Å²) in [5.74, 6) is -0.343. The van der Waals surface area contributed by atoms with E-state index in [9.17, 15) is 18.0 Å². The van der Waals surface area contributed by atoms with E-state index in [1.807, 2.05) is 26.0 Å². The Bertz CT molecular complexity index is 836. The molecule has 4 nitrogen and oxygen atoms in total. The first-order valence-corrected chi connectivity index (χ1v) is 9.14. The van der Waals surface area contributed by atoms with E-state index in [2.05, 4.69) is 10.2 Å². The SMILES string of the molecule is Cc1cc(N2CCOCC2)cc(C)c1NC(=O)Cc1cccc(C(F)(F)F)c1. The van der Waals surface area contributed by atoms with Crippen molar-refractivity contribution >= 4 is 17.3 Å². The minimum absolute atomic E-state index is 0.117. The van der Waals surface area contributed by atoms with Gasteiger partial charge >= 0.3 is 6.18 Å². The van der Waals surface area contributed by atoms with Gasteiger partial charge in [-0.05, 0) is 48.7 Å². The molecule has 0 unspecified atom stereocenters. The Morgan fingerprint density at radius 2 is 1.75 bits per heavy atom. The van der Waals surface area contributed by atoms with Crippen LogP contribution in [-0.2, 0) is 22.1 Å². The van der Waals surface area contributed by atoms with Crippen molar-refractivity contribution in [2.45, 2.75) is 26.4 Å². The Labute approximate surface area is 162 Å². The van der Waals surface area contributed by atoms with E-state index in [0.29, 0.717) is 24.5 Å². The van der Waals surface area contributed by atoms with Crippen molar-refractivity contribution in [2.75, 3.05) is 36.5 Å². The molecule has 0 aromatic heterocycles. The van der Waals surface area contributed by atoms with Crippen molar-refractivity contribution in [1.29, 1.82) is 0 Å². The monoisotopic (exact) mass is 392 g/mol. The van der Waals surface area contributed by atoms with Crippen LogP contribution in [-0.4, -0.2) is 32.2 Å². The van der Waals surface area contributed by atoms with Crippen LogP contribution in [0.3, 0.4) is 0 Å². The molecule has 1 fully saturated rings. The maximum absolute atomic E-state index is 12.8. The summed E-state index contributed by atoms with van der Waals surface area (Å²) in [5.41, 5.74) is 3.19. The van der Waals surface area contributed by atoms with Gasteiger partial charge in [-0.3, -0.25) is 4.79 Å². The Balaban J connectivity index is 1.72. The molecule has 150 valence electrons. The van der Waals surface area contributed by atoms with E-state index >= 15 is 0 Å². The smallest absolute Gasteiger partial charge is 0.378 e. The highest BCUT2D eigenvalue weighted by Gasteiger charge is 2.30. The van der Waals surface area contributed by atoms with Crippen LogP contribution >= 0.6 is 0 Å². The summed E-state index contributed by atoms with van der Waals surface area (Å²) in [7, 11) is 0. The normalized spacial score (nSPS) is 14.8. The van der Waals surface area contributed by atoms with E-state index in [1.54, 1.807) is 0 Å². The van der Waals surface area contributed by atoms with E-state index in [0.717, 1.165) is 42.0 Å². The number of halogens is 3. The van der Waals surface area contributed by atoms with Crippen LogP contribution in [0.5, 0.6) is 0 Å². The number of nitrogens with zero attached hydrogens (tertiary/aromatic N) is 1. The number of rotatable bonds is 4. The zero-order valence-electron chi connectivity index (χ0n) is 15.9. The first-order valence-electron chi connectivity index (χ1n) is 9.14. The molecule has 7 heteroatoms. The highest BCUT2D eigenvalue weighted by molar-refractivity contribution is 5.94.